The highest BCUT2D eigenvalue weighted by Crippen LogP contribution is 2.37. The summed E-state index contributed by atoms with van der Waals surface area (Å²) in [6, 6.07) is 30.0. The second-order valence-electron chi connectivity index (χ2n) is 7.29. The molecule has 0 radical (unpaired) electrons. The summed E-state index contributed by atoms with van der Waals surface area (Å²) < 4.78 is 6.36. The van der Waals surface area contributed by atoms with Gasteiger partial charge in [-0.05, 0) is 29.8 Å². The number of hydrogen-bond acceptors (Lipinski definition) is 3. The molecule has 0 aromatic heterocycles. The predicted octanol–water partition coefficient (Wildman–Crippen LogP) is 4.64. The van der Waals surface area contributed by atoms with Gasteiger partial charge < -0.3 is 10.1 Å². The molecule has 3 aromatic carbocycles. The van der Waals surface area contributed by atoms with Crippen molar-refractivity contribution in [2.24, 2.45) is 0 Å². The van der Waals surface area contributed by atoms with E-state index in [4.69, 9.17) is 4.74 Å². The fourth-order valence-corrected chi connectivity index (χ4v) is 4.03. The highest BCUT2D eigenvalue weighted by molar-refractivity contribution is 5.82. The molecule has 0 unspecified atom stereocenters. The fourth-order valence-electron chi connectivity index (χ4n) is 4.03. The highest BCUT2D eigenvalue weighted by Gasteiger charge is 2.40. The van der Waals surface area contributed by atoms with Crippen LogP contribution in [0.1, 0.15) is 35.4 Å². The van der Waals surface area contributed by atoms with Crippen molar-refractivity contribution in [3.05, 3.63) is 108 Å². The summed E-state index contributed by atoms with van der Waals surface area (Å²) in [7, 11) is 0. The van der Waals surface area contributed by atoms with E-state index in [1.165, 1.54) is 0 Å². The third-order valence-electron chi connectivity index (χ3n) is 5.51. The zero-order chi connectivity index (χ0) is 19.2. The summed E-state index contributed by atoms with van der Waals surface area (Å²) in [5.74, 6) is -0.624. The Labute approximate surface area is 166 Å². The molecule has 0 saturated carbocycles. The van der Waals surface area contributed by atoms with Gasteiger partial charge in [0.05, 0.1) is 0 Å². The molecular formula is C25H25NO2. The Kier molecular flexibility index (Phi) is 5.54. The molecule has 3 heteroatoms. The van der Waals surface area contributed by atoms with E-state index in [1.54, 1.807) is 0 Å². The maximum absolute atomic E-state index is 13.5. The largest absolute Gasteiger partial charge is 0.453 e. The van der Waals surface area contributed by atoms with Crippen LogP contribution in [0.25, 0.3) is 0 Å². The molecule has 0 aliphatic carbocycles. The molecule has 142 valence electrons. The van der Waals surface area contributed by atoms with Gasteiger partial charge in [0.25, 0.3) is 0 Å². The monoisotopic (exact) mass is 371 g/mol. The maximum Gasteiger partial charge on any atom is 0.318 e. The third-order valence-corrected chi connectivity index (χ3v) is 5.51. The normalized spacial score (nSPS) is 15.9. The number of carbonyl (C=O) groups excluding carboxylic acids is 1. The van der Waals surface area contributed by atoms with Gasteiger partial charge in [-0.2, -0.15) is 0 Å². The average Bonchev–Trinajstić information content (AvgIpc) is 2.77. The summed E-state index contributed by atoms with van der Waals surface area (Å²) in [5.41, 5.74) is 2.40. The highest BCUT2D eigenvalue weighted by atomic mass is 16.6. The molecule has 1 fully saturated rings. The zero-order valence-corrected chi connectivity index (χ0v) is 15.9. The molecule has 1 saturated heterocycles. The van der Waals surface area contributed by atoms with Crippen LogP contribution in [-0.2, 0) is 15.1 Å². The molecule has 28 heavy (non-hydrogen) atoms. The van der Waals surface area contributed by atoms with Crippen LogP contribution in [0.4, 0.5) is 0 Å². The lowest BCUT2D eigenvalue weighted by Crippen LogP contribution is -2.44. The number of piperidine rings is 1. The lowest BCUT2D eigenvalue weighted by molar-refractivity contribution is -0.165. The summed E-state index contributed by atoms with van der Waals surface area (Å²) in [5, 5.41) is 3.38. The van der Waals surface area contributed by atoms with Crippen LogP contribution in [0.5, 0.6) is 0 Å². The molecule has 0 atom stereocenters. The third kappa shape index (κ3) is 3.85. The van der Waals surface area contributed by atoms with E-state index in [0.29, 0.717) is 0 Å². The van der Waals surface area contributed by atoms with Crippen LogP contribution in [0.3, 0.4) is 0 Å². The van der Waals surface area contributed by atoms with E-state index in [2.05, 4.69) is 17.4 Å². The lowest BCUT2D eigenvalue weighted by Gasteiger charge is -2.38. The van der Waals surface area contributed by atoms with Gasteiger partial charge in [0.2, 0.25) is 0 Å². The van der Waals surface area contributed by atoms with Crippen molar-refractivity contribution in [1.82, 2.24) is 5.32 Å². The van der Waals surface area contributed by atoms with Crippen LogP contribution in [0, 0.1) is 0 Å². The standard InChI is InChI=1S/C25H25NO2/c27-24(23(20-10-4-1-5-11-20)21-12-6-2-7-13-21)28-25(16-18-26-19-17-25)22-14-8-3-9-15-22/h1-15,23,26H,16-19H2. The SMILES string of the molecule is O=C(OC1(c2ccccc2)CCNCC1)C(c1ccccc1)c1ccccc1. The van der Waals surface area contributed by atoms with Gasteiger partial charge in [-0.1, -0.05) is 91.0 Å². The first-order valence-electron chi connectivity index (χ1n) is 9.87. The molecule has 1 N–H and O–H groups in total. The minimum absolute atomic E-state index is 0.192. The predicted molar refractivity (Wildman–Crippen MR) is 111 cm³/mol. The Morgan fingerprint density at radius 3 is 1.71 bits per heavy atom. The van der Waals surface area contributed by atoms with Crippen LogP contribution in [-0.4, -0.2) is 19.1 Å². The Hall–Kier alpha value is -2.91. The fraction of sp³-hybridized carbons (Fsp3) is 0.240. The van der Waals surface area contributed by atoms with Gasteiger partial charge in [-0.3, -0.25) is 4.79 Å². The second-order valence-corrected chi connectivity index (χ2v) is 7.29. The Morgan fingerprint density at radius 2 is 1.21 bits per heavy atom. The zero-order valence-electron chi connectivity index (χ0n) is 15.9. The first-order valence-corrected chi connectivity index (χ1v) is 9.87. The molecule has 1 heterocycles. The maximum atomic E-state index is 13.5. The molecule has 0 bridgehead atoms. The topological polar surface area (TPSA) is 38.3 Å². The molecule has 1 aliphatic rings. The smallest absolute Gasteiger partial charge is 0.318 e. The van der Waals surface area contributed by atoms with E-state index in [9.17, 15) is 4.79 Å². The van der Waals surface area contributed by atoms with E-state index in [-0.39, 0.29) is 5.97 Å². The molecule has 0 spiro atoms. The molecule has 0 amide bonds. The number of rotatable bonds is 5. The molecular weight excluding hydrogens is 346 g/mol. The van der Waals surface area contributed by atoms with Gasteiger partial charge in [-0.25, -0.2) is 0 Å². The van der Waals surface area contributed by atoms with Gasteiger partial charge in [0.1, 0.15) is 11.5 Å². The Balaban J connectivity index is 1.70. The summed E-state index contributed by atoms with van der Waals surface area (Å²) >= 11 is 0. The van der Waals surface area contributed by atoms with Gasteiger partial charge in [0, 0.05) is 12.8 Å². The molecule has 1 aliphatic heterocycles. The van der Waals surface area contributed by atoms with E-state index >= 15 is 0 Å². The summed E-state index contributed by atoms with van der Waals surface area (Å²) in [6.45, 7) is 1.67. The van der Waals surface area contributed by atoms with Gasteiger partial charge >= 0.3 is 5.97 Å². The van der Waals surface area contributed by atoms with Crippen LogP contribution in [0.2, 0.25) is 0 Å². The number of nitrogens with one attached hydrogen (secondary N) is 1. The summed E-state index contributed by atoms with van der Waals surface area (Å²) in [6.07, 6.45) is 1.55. The van der Waals surface area contributed by atoms with Crippen molar-refractivity contribution in [3.63, 3.8) is 0 Å². The second kappa shape index (κ2) is 8.41. The first kappa shape index (κ1) is 18.5. The van der Waals surface area contributed by atoms with Crippen LogP contribution >= 0.6 is 0 Å². The Bertz CT molecular complexity index is 848. The minimum atomic E-state index is -0.578. The van der Waals surface area contributed by atoms with E-state index < -0.39 is 11.5 Å². The quantitative estimate of drug-likeness (QED) is 0.664. The number of ether oxygens (including phenoxy) is 1. The lowest BCUT2D eigenvalue weighted by atomic mass is 9.84. The molecule has 4 rings (SSSR count). The molecule has 3 nitrogen and oxygen atoms in total. The van der Waals surface area contributed by atoms with Crippen molar-refractivity contribution < 1.29 is 9.53 Å². The molecule has 3 aromatic rings. The van der Waals surface area contributed by atoms with E-state index in [0.717, 1.165) is 42.6 Å². The number of hydrogen-bond donors (Lipinski definition) is 1. The van der Waals surface area contributed by atoms with Gasteiger partial charge in [0.15, 0.2) is 0 Å². The number of benzene rings is 3. The van der Waals surface area contributed by atoms with Crippen molar-refractivity contribution in [1.29, 1.82) is 0 Å². The van der Waals surface area contributed by atoms with E-state index in [1.807, 2.05) is 78.9 Å². The van der Waals surface area contributed by atoms with Crippen molar-refractivity contribution >= 4 is 5.97 Å². The number of esters is 1. The van der Waals surface area contributed by atoms with Crippen molar-refractivity contribution in [2.45, 2.75) is 24.4 Å². The number of carbonyl (C=O) groups is 1. The van der Waals surface area contributed by atoms with Crippen molar-refractivity contribution in [3.8, 4) is 0 Å². The van der Waals surface area contributed by atoms with Crippen molar-refractivity contribution in [2.75, 3.05) is 13.1 Å². The first-order chi connectivity index (χ1) is 13.8. The Morgan fingerprint density at radius 1 is 0.750 bits per heavy atom. The van der Waals surface area contributed by atoms with Crippen LogP contribution in [0.15, 0.2) is 91.0 Å². The summed E-state index contributed by atoms with van der Waals surface area (Å²) in [4.78, 5) is 13.5. The van der Waals surface area contributed by atoms with Gasteiger partial charge in [-0.15, -0.1) is 0 Å². The average molecular weight is 371 g/mol. The van der Waals surface area contributed by atoms with Crippen LogP contribution < -0.4 is 5.32 Å². The minimum Gasteiger partial charge on any atom is -0.453 e.